The molecule has 0 aliphatic carbocycles. The number of nitrogens with one attached hydrogen (secondary N) is 1. The van der Waals surface area contributed by atoms with E-state index in [4.69, 9.17) is 16.3 Å². The third-order valence-corrected chi connectivity index (χ3v) is 4.91. The number of nitrogens with zero attached hydrogens (tertiary/aromatic N) is 3. The Morgan fingerprint density at radius 3 is 2.53 bits per heavy atom. The van der Waals surface area contributed by atoms with Crippen LogP contribution in [0.5, 0.6) is 0 Å². The van der Waals surface area contributed by atoms with E-state index in [1.54, 1.807) is 17.0 Å². The monoisotopic (exact) mass is 442 g/mol. The van der Waals surface area contributed by atoms with Gasteiger partial charge in [0.05, 0.1) is 17.2 Å². The Morgan fingerprint density at radius 1 is 1.20 bits per heavy atom. The van der Waals surface area contributed by atoms with Crippen LogP contribution in [0.1, 0.15) is 18.4 Å². The van der Waals surface area contributed by atoms with Crippen LogP contribution in [0.25, 0.3) is 0 Å². The van der Waals surface area contributed by atoms with E-state index < -0.39 is 36.1 Å². The van der Waals surface area contributed by atoms with Gasteiger partial charge in [-0.1, -0.05) is 11.6 Å². The van der Waals surface area contributed by atoms with Crippen LogP contribution in [0.2, 0.25) is 5.15 Å². The van der Waals surface area contributed by atoms with Crippen molar-refractivity contribution in [3.8, 4) is 0 Å². The molecule has 2 aromatic heterocycles. The van der Waals surface area contributed by atoms with Crippen molar-refractivity contribution in [3.63, 3.8) is 0 Å². The van der Waals surface area contributed by atoms with Crippen molar-refractivity contribution in [2.24, 2.45) is 5.92 Å². The molecule has 1 fully saturated rings. The lowest BCUT2D eigenvalue weighted by atomic mass is 9.97. The number of hydrogen-bond donors (Lipinski definition) is 1. The van der Waals surface area contributed by atoms with Crippen LogP contribution in [0.4, 0.5) is 24.7 Å². The number of halogens is 4. The van der Waals surface area contributed by atoms with E-state index in [9.17, 15) is 22.8 Å². The second-order valence-electron chi connectivity index (χ2n) is 6.66. The maximum atomic E-state index is 12.6. The van der Waals surface area contributed by atoms with Gasteiger partial charge < -0.3 is 15.0 Å². The van der Waals surface area contributed by atoms with Gasteiger partial charge in [-0.2, -0.15) is 13.2 Å². The molecule has 1 aliphatic heterocycles. The molecule has 7 nitrogen and oxygen atoms in total. The van der Waals surface area contributed by atoms with E-state index >= 15 is 0 Å². The zero-order valence-corrected chi connectivity index (χ0v) is 16.4. The van der Waals surface area contributed by atoms with Gasteiger partial charge in [-0.15, -0.1) is 0 Å². The number of ether oxygens (including phenoxy) is 1. The Labute approximate surface area is 175 Å². The number of esters is 1. The molecule has 0 spiro atoms. The topological polar surface area (TPSA) is 84.4 Å². The fourth-order valence-electron chi connectivity index (χ4n) is 3.01. The van der Waals surface area contributed by atoms with E-state index in [1.165, 1.54) is 12.3 Å². The van der Waals surface area contributed by atoms with Crippen LogP contribution in [-0.4, -0.2) is 41.5 Å². The highest BCUT2D eigenvalue weighted by atomic mass is 35.5. The number of amides is 1. The first-order valence-corrected chi connectivity index (χ1v) is 9.47. The molecule has 0 atom stereocenters. The van der Waals surface area contributed by atoms with E-state index in [-0.39, 0.29) is 5.15 Å². The average molecular weight is 443 g/mol. The number of carbonyl (C=O) groups excluding carboxylic acids is 2. The summed E-state index contributed by atoms with van der Waals surface area (Å²) in [7, 11) is 0. The molecule has 1 saturated heterocycles. The fourth-order valence-corrected chi connectivity index (χ4v) is 3.17. The molecule has 0 bridgehead atoms. The van der Waals surface area contributed by atoms with Crippen LogP contribution in [0.15, 0.2) is 36.7 Å². The molecular weight excluding hydrogens is 425 g/mol. The smallest absolute Gasteiger partial charge is 0.417 e. The zero-order chi connectivity index (χ0) is 21.7. The van der Waals surface area contributed by atoms with Crippen LogP contribution < -0.4 is 10.2 Å². The molecule has 30 heavy (non-hydrogen) atoms. The van der Waals surface area contributed by atoms with Crippen molar-refractivity contribution < 1.29 is 27.5 Å². The highest BCUT2D eigenvalue weighted by molar-refractivity contribution is 6.32. The SMILES string of the molecule is O=C(COC(=O)C1CCN(c2ccc(C(F)(F)F)cn2)CC1)Nc1cccnc1Cl. The van der Waals surface area contributed by atoms with Gasteiger partial charge >= 0.3 is 12.1 Å². The van der Waals surface area contributed by atoms with E-state index in [0.717, 1.165) is 12.3 Å². The number of hydrogen-bond acceptors (Lipinski definition) is 6. The first kappa shape index (κ1) is 21.8. The maximum Gasteiger partial charge on any atom is 0.417 e. The van der Waals surface area contributed by atoms with E-state index in [1.807, 2.05) is 0 Å². The van der Waals surface area contributed by atoms with Crippen molar-refractivity contribution in [3.05, 3.63) is 47.4 Å². The van der Waals surface area contributed by atoms with Crippen LogP contribution in [0, 0.1) is 5.92 Å². The van der Waals surface area contributed by atoms with Gasteiger partial charge in [0.15, 0.2) is 11.8 Å². The predicted octanol–water partition coefficient (Wildman–Crippen LogP) is 3.55. The summed E-state index contributed by atoms with van der Waals surface area (Å²) in [5, 5.41) is 2.63. The Hall–Kier alpha value is -2.88. The number of anilines is 2. The van der Waals surface area contributed by atoms with Gasteiger partial charge in [0.1, 0.15) is 5.82 Å². The van der Waals surface area contributed by atoms with Gasteiger partial charge in [0.2, 0.25) is 0 Å². The number of piperidine rings is 1. The Morgan fingerprint density at radius 2 is 1.93 bits per heavy atom. The lowest BCUT2D eigenvalue weighted by Crippen LogP contribution is -2.38. The quantitative estimate of drug-likeness (QED) is 0.563. The molecule has 3 rings (SSSR count). The van der Waals surface area contributed by atoms with Crippen molar-refractivity contribution >= 4 is 35.0 Å². The van der Waals surface area contributed by atoms with Crippen molar-refractivity contribution in [1.29, 1.82) is 0 Å². The highest BCUT2D eigenvalue weighted by Gasteiger charge is 2.31. The van der Waals surface area contributed by atoms with E-state index in [0.29, 0.717) is 37.4 Å². The van der Waals surface area contributed by atoms with Gasteiger partial charge in [-0.3, -0.25) is 9.59 Å². The van der Waals surface area contributed by atoms with Crippen LogP contribution in [-0.2, 0) is 20.5 Å². The Kier molecular flexibility index (Phi) is 6.76. The lowest BCUT2D eigenvalue weighted by molar-refractivity contribution is -0.152. The molecular formula is C19H18ClF3N4O3. The largest absolute Gasteiger partial charge is 0.455 e. The second-order valence-corrected chi connectivity index (χ2v) is 7.02. The third kappa shape index (κ3) is 5.59. The normalized spacial score (nSPS) is 15.0. The van der Waals surface area contributed by atoms with E-state index in [2.05, 4.69) is 15.3 Å². The highest BCUT2D eigenvalue weighted by Crippen LogP contribution is 2.30. The molecule has 1 N–H and O–H groups in total. The Balaban J connectivity index is 1.45. The molecule has 0 saturated carbocycles. The lowest BCUT2D eigenvalue weighted by Gasteiger charge is -2.31. The van der Waals surface area contributed by atoms with Crippen molar-refractivity contribution in [1.82, 2.24) is 9.97 Å². The minimum Gasteiger partial charge on any atom is -0.455 e. The van der Waals surface area contributed by atoms with Crippen molar-refractivity contribution in [2.45, 2.75) is 19.0 Å². The molecule has 11 heteroatoms. The molecule has 1 aliphatic rings. The predicted molar refractivity (Wildman–Crippen MR) is 103 cm³/mol. The van der Waals surface area contributed by atoms with Gasteiger partial charge in [0.25, 0.3) is 5.91 Å². The minimum absolute atomic E-state index is 0.126. The summed E-state index contributed by atoms with van der Waals surface area (Å²) < 4.78 is 43.0. The summed E-state index contributed by atoms with van der Waals surface area (Å²) in [6.45, 7) is 0.427. The average Bonchev–Trinajstić information content (AvgIpc) is 2.73. The molecule has 0 unspecified atom stereocenters. The summed E-state index contributed by atoms with van der Waals surface area (Å²) in [6, 6.07) is 5.47. The van der Waals surface area contributed by atoms with Crippen LogP contribution in [0.3, 0.4) is 0 Å². The Bertz CT molecular complexity index is 901. The number of pyridine rings is 2. The molecule has 0 radical (unpaired) electrons. The zero-order valence-electron chi connectivity index (χ0n) is 15.7. The number of alkyl halides is 3. The number of aromatic nitrogens is 2. The maximum absolute atomic E-state index is 12.6. The summed E-state index contributed by atoms with van der Waals surface area (Å²) >= 11 is 5.85. The summed E-state index contributed by atoms with van der Waals surface area (Å²) in [5.41, 5.74) is -0.492. The van der Waals surface area contributed by atoms with Gasteiger partial charge in [-0.25, -0.2) is 9.97 Å². The number of rotatable bonds is 5. The summed E-state index contributed by atoms with van der Waals surface area (Å²) in [4.78, 5) is 33.6. The van der Waals surface area contributed by atoms with Crippen LogP contribution >= 0.6 is 11.6 Å². The molecule has 2 aromatic rings. The number of carbonyl (C=O) groups is 2. The van der Waals surface area contributed by atoms with Crippen molar-refractivity contribution in [2.75, 3.05) is 29.9 Å². The first-order valence-electron chi connectivity index (χ1n) is 9.09. The molecule has 0 aromatic carbocycles. The third-order valence-electron chi connectivity index (χ3n) is 4.61. The molecule has 1 amide bonds. The standard InChI is InChI=1S/C19H18ClF3N4O3/c20-17-14(2-1-7-24-17)26-16(28)11-30-18(29)12-5-8-27(9-6-12)15-4-3-13(10-25-15)19(21,22)23/h1-4,7,10,12H,5-6,8-9,11H2,(H,26,28). The fraction of sp³-hybridized carbons (Fsp3) is 0.368. The first-order chi connectivity index (χ1) is 14.2. The molecule has 3 heterocycles. The second kappa shape index (κ2) is 9.29. The molecule has 160 valence electrons. The van der Waals surface area contributed by atoms with Gasteiger partial charge in [0, 0.05) is 25.5 Å². The summed E-state index contributed by atoms with van der Waals surface area (Å²) in [6.07, 6.45) is -1.28. The van der Waals surface area contributed by atoms with Gasteiger partial charge in [-0.05, 0) is 37.1 Å². The summed E-state index contributed by atoms with van der Waals surface area (Å²) in [5.74, 6) is -1.01. The minimum atomic E-state index is -4.43.